The second-order valence-electron chi connectivity index (χ2n) is 7.92. The molecule has 5 heterocycles. The molecule has 5 aromatic heterocycles. The Kier molecular flexibility index (Phi) is 5.05. The van der Waals surface area contributed by atoms with Crippen molar-refractivity contribution in [3.63, 3.8) is 0 Å². The molecule has 5 nitrogen and oxygen atoms in total. The fraction of sp³-hybridized carbons (Fsp3) is 0. The highest BCUT2D eigenvalue weighted by molar-refractivity contribution is 5.96. The highest BCUT2D eigenvalue weighted by atomic mass is 14.8. The summed E-state index contributed by atoms with van der Waals surface area (Å²) in [4.78, 5) is 22.8. The van der Waals surface area contributed by atoms with E-state index in [9.17, 15) is 0 Å². The molecule has 0 amide bonds. The monoisotopic (exact) mass is 437 g/mol. The molecule has 0 saturated carbocycles. The van der Waals surface area contributed by atoms with Crippen LogP contribution in [0.25, 0.3) is 55.8 Å². The maximum atomic E-state index is 5.04. The molecule has 0 fully saturated rings. The Hall–Kier alpha value is -4.77. The van der Waals surface area contributed by atoms with Crippen molar-refractivity contribution >= 4 is 10.8 Å². The van der Waals surface area contributed by atoms with E-state index in [0.29, 0.717) is 0 Å². The van der Waals surface area contributed by atoms with Crippen LogP contribution >= 0.6 is 0 Å². The molecule has 0 saturated heterocycles. The summed E-state index contributed by atoms with van der Waals surface area (Å²) in [6, 6.07) is 26.4. The van der Waals surface area contributed by atoms with Gasteiger partial charge in [0.25, 0.3) is 0 Å². The van der Waals surface area contributed by atoms with Crippen molar-refractivity contribution in [1.29, 1.82) is 0 Å². The minimum absolute atomic E-state index is 0.871. The zero-order valence-corrected chi connectivity index (χ0v) is 18.2. The second kappa shape index (κ2) is 8.64. The van der Waals surface area contributed by atoms with E-state index in [1.54, 1.807) is 12.4 Å². The lowest BCUT2D eigenvalue weighted by molar-refractivity contribution is 1.25. The molecule has 0 bridgehead atoms. The SMILES string of the molecule is c1cncc(-c2ccc(-c3cc4ccccc4c(-c4ccc(-c5cccnc5)nc4)n3)cn2)c1. The number of aromatic nitrogens is 5. The number of nitrogens with zero attached hydrogens (tertiary/aromatic N) is 5. The third-order valence-corrected chi connectivity index (χ3v) is 5.75. The second-order valence-corrected chi connectivity index (χ2v) is 7.92. The summed E-state index contributed by atoms with van der Waals surface area (Å²) >= 11 is 0. The number of benzene rings is 1. The minimum Gasteiger partial charge on any atom is -0.264 e. The summed E-state index contributed by atoms with van der Waals surface area (Å²) in [7, 11) is 0. The van der Waals surface area contributed by atoms with Gasteiger partial charge in [0, 0.05) is 64.8 Å². The van der Waals surface area contributed by atoms with Crippen LogP contribution in [0.15, 0.2) is 116 Å². The maximum Gasteiger partial charge on any atom is 0.0803 e. The van der Waals surface area contributed by atoms with Crippen LogP contribution in [-0.2, 0) is 0 Å². The Bertz CT molecular complexity index is 1560. The van der Waals surface area contributed by atoms with Crippen LogP contribution in [0.4, 0.5) is 0 Å². The van der Waals surface area contributed by atoms with Gasteiger partial charge in [0.1, 0.15) is 0 Å². The van der Waals surface area contributed by atoms with E-state index in [1.807, 2.05) is 73.3 Å². The van der Waals surface area contributed by atoms with Gasteiger partial charge in [-0.25, -0.2) is 4.98 Å². The number of hydrogen-bond acceptors (Lipinski definition) is 5. The first-order valence-corrected chi connectivity index (χ1v) is 11.0. The maximum absolute atomic E-state index is 5.04. The normalized spacial score (nSPS) is 10.9. The molecule has 0 radical (unpaired) electrons. The molecule has 160 valence electrons. The van der Waals surface area contributed by atoms with Crippen LogP contribution in [0.5, 0.6) is 0 Å². The molecule has 0 spiro atoms. The molecular formula is C29H19N5. The summed E-state index contributed by atoms with van der Waals surface area (Å²) in [5.41, 5.74) is 7.43. The average molecular weight is 438 g/mol. The molecule has 0 N–H and O–H groups in total. The highest BCUT2D eigenvalue weighted by Crippen LogP contribution is 2.32. The van der Waals surface area contributed by atoms with Crippen molar-refractivity contribution in [3.05, 3.63) is 116 Å². The lowest BCUT2D eigenvalue weighted by atomic mass is 10.0. The third kappa shape index (κ3) is 3.80. The topological polar surface area (TPSA) is 64.5 Å². The van der Waals surface area contributed by atoms with Crippen molar-refractivity contribution in [2.45, 2.75) is 0 Å². The van der Waals surface area contributed by atoms with Gasteiger partial charge in [-0.05, 0) is 60.0 Å². The van der Waals surface area contributed by atoms with Crippen LogP contribution in [0.2, 0.25) is 0 Å². The van der Waals surface area contributed by atoms with Crippen LogP contribution < -0.4 is 0 Å². The van der Waals surface area contributed by atoms with Gasteiger partial charge in [0.2, 0.25) is 0 Å². The fourth-order valence-corrected chi connectivity index (χ4v) is 4.02. The zero-order valence-electron chi connectivity index (χ0n) is 18.2. The molecule has 6 aromatic rings. The number of rotatable bonds is 4. The molecule has 1 aromatic carbocycles. The van der Waals surface area contributed by atoms with E-state index in [0.717, 1.165) is 55.8 Å². The third-order valence-electron chi connectivity index (χ3n) is 5.75. The van der Waals surface area contributed by atoms with Gasteiger partial charge in [-0.15, -0.1) is 0 Å². The first kappa shape index (κ1) is 19.9. The predicted octanol–water partition coefficient (Wildman–Crippen LogP) is 6.48. The lowest BCUT2D eigenvalue weighted by Crippen LogP contribution is -1.93. The van der Waals surface area contributed by atoms with Gasteiger partial charge >= 0.3 is 0 Å². The summed E-state index contributed by atoms with van der Waals surface area (Å²) in [6.07, 6.45) is 10.9. The molecule has 6 rings (SSSR count). The van der Waals surface area contributed by atoms with Gasteiger partial charge in [-0.1, -0.05) is 24.3 Å². The molecule has 0 aliphatic carbocycles. The summed E-state index contributed by atoms with van der Waals surface area (Å²) in [5, 5.41) is 2.21. The molecule has 0 aliphatic heterocycles. The lowest BCUT2D eigenvalue weighted by Gasteiger charge is -2.11. The van der Waals surface area contributed by atoms with E-state index in [1.165, 1.54) is 0 Å². The molecule has 5 heteroatoms. The van der Waals surface area contributed by atoms with Crippen LogP contribution in [0, 0.1) is 0 Å². The van der Waals surface area contributed by atoms with Crippen molar-refractivity contribution < 1.29 is 0 Å². The zero-order chi connectivity index (χ0) is 22.7. The summed E-state index contributed by atoms with van der Waals surface area (Å²) in [6.45, 7) is 0. The van der Waals surface area contributed by atoms with E-state index >= 15 is 0 Å². The fourth-order valence-electron chi connectivity index (χ4n) is 4.02. The van der Waals surface area contributed by atoms with E-state index < -0.39 is 0 Å². The van der Waals surface area contributed by atoms with E-state index in [-0.39, 0.29) is 0 Å². The smallest absolute Gasteiger partial charge is 0.0803 e. The van der Waals surface area contributed by atoms with Crippen LogP contribution in [-0.4, -0.2) is 24.9 Å². The van der Waals surface area contributed by atoms with Crippen molar-refractivity contribution in [2.75, 3.05) is 0 Å². The molecule has 0 atom stereocenters. The van der Waals surface area contributed by atoms with Crippen molar-refractivity contribution in [3.8, 4) is 45.0 Å². The van der Waals surface area contributed by atoms with Crippen molar-refractivity contribution in [1.82, 2.24) is 24.9 Å². The van der Waals surface area contributed by atoms with Crippen LogP contribution in [0.3, 0.4) is 0 Å². The molecule has 34 heavy (non-hydrogen) atoms. The Morgan fingerprint density at radius 2 is 1.09 bits per heavy atom. The van der Waals surface area contributed by atoms with Gasteiger partial charge < -0.3 is 0 Å². The van der Waals surface area contributed by atoms with Gasteiger partial charge in [-0.3, -0.25) is 19.9 Å². The minimum atomic E-state index is 0.871. The number of fused-ring (bicyclic) bond motifs is 1. The highest BCUT2D eigenvalue weighted by Gasteiger charge is 2.11. The van der Waals surface area contributed by atoms with Crippen LogP contribution in [0.1, 0.15) is 0 Å². The first-order chi connectivity index (χ1) is 16.8. The summed E-state index contributed by atoms with van der Waals surface area (Å²) < 4.78 is 0. The number of hydrogen-bond donors (Lipinski definition) is 0. The Morgan fingerprint density at radius 1 is 0.471 bits per heavy atom. The standard InChI is InChI=1S/C29H19N5/c1-2-8-25-20(5-1)15-28(23-9-11-26(32-18-23)21-6-3-13-30-16-21)34-29(25)24-10-12-27(33-19-24)22-7-4-14-31-17-22/h1-19H. The van der Waals surface area contributed by atoms with E-state index in [4.69, 9.17) is 4.98 Å². The molecule has 0 aliphatic rings. The average Bonchev–Trinajstić information content (AvgIpc) is 2.94. The summed E-state index contributed by atoms with van der Waals surface area (Å²) in [5.74, 6) is 0. The largest absolute Gasteiger partial charge is 0.264 e. The Balaban J connectivity index is 1.42. The van der Waals surface area contributed by atoms with Crippen molar-refractivity contribution in [2.24, 2.45) is 0 Å². The number of pyridine rings is 5. The Labute approximate surface area is 196 Å². The first-order valence-electron chi connectivity index (χ1n) is 11.0. The van der Waals surface area contributed by atoms with E-state index in [2.05, 4.69) is 50.3 Å². The molecule has 0 unspecified atom stereocenters. The van der Waals surface area contributed by atoms with Gasteiger partial charge in [-0.2, -0.15) is 0 Å². The quantitative estimate of drug-likeness (QED) is 0.316. The Morgan fingerprint density at radius 3 is 1.68 bits per heavy atom. The molecular weight excluding hydrogens is 418 g/mol. The van der Waals surface area contributed by atoms with Gasteiger partial charge in [0.15, 0.2) is 0 Å². The van der Waals surface area contributed by atoms with Gasteiger partial charge in [0.05, 0.1) is 22.8 Å². The predicted molar refractivity (Wildman–Crippen MR) is 135 cm³/mol.